The zero-order valence-corrected chi connectivity index (χ0v) is 11.0. The van der Waals surface area contributed by atoms with Crippen molar-refractivity contribution in [2.24, 2.45) is 0 Å². The maximum atomic E-state index is 13.6. The van der Waals surface area contributed by atoms with Gasteiger partial charge in [0.05, 0.1) is 6.20 Å². The second-order valence-corrected chi connectivity index (χ2v) is 5.81. The number of hydrogen-bond donors (Lipinski definition) is 1. The van der Waals surface area contributed by atoms with E-state index in [9.17, 15) is 4.39 Å². The molecule has 0 bridgehead atoms. The van der Waals surface area contributed by atoms with E-state index in [0.717, 1.165) is 16.6 Å². The van der Waals surface area contributed by atoms with Crippen LogP contribution >= 0.6 is 11.8 Å². The third-order valence-electron chi connectivity index (χ3n) is 3.33. The maximum Gasteiger partial charge on any atom is 0.146 e. The van der Waals surface area contributed by atoms with Crippen molar-refractivity contribution in [1.29, 1.82) is 0 Å². The van der Waals surface area contributed by atoms with Crippen LogP contribution < -0.4 is 5.32 Å². The molecule has 1 atom stereocenters. The van der Waals surface area contributed by atoms with Gasteiger partial charge in [0, 0.05) is 28.8 Å². The lowest BCUT2D eigenvalue weighted by Crippen LogP contribution is -2.21. The van der Waals surface area contributed by atoms with Gasteiger partial charge in [-0.05, 0) is 26.0 Å². The molecule has 0 spiro atoms. The summed E-state index contributed by atoms with van der Waals surface area (Å²) in [4.78, 5) is 3.79. The molecule has 1 saturated carbocycles. The summed E-state index contributed by atoms with van der Waals surface area (Å²) < 4.78 is 13.6. The van der Waals surface area contributed by atoms with Crippen molar-refractivity contribution >= 4 is 11.8 Å². The van der Waals surface area contributed by atoms with Crippen LogP contribution in [-0.4, -0.2) is 23.0 Å². The van der Waals surface area contributed by atoms with Crippen LogP contribution in [0.5, 0.6) is 0 Å². The van der Waals surface area contributed by atoms with E-state index in [4.69, 9.17) is 0 Å². The Labute approximate surface area is 106 Å². The first-order valence-corrected chi connectivity index (χ1v) is 7.24. The van der Waals surface area contributed by atoms with Gasteiger partial charge in [0.15, 0.2) is 0 Å². The molecule has 0 radical (unpaired) electrons. The van der Waals surface area contributed by atoms with Gasteiger partial charge in [0.25, 0.3) is 0 Å². The lowest BCUT2D eigenvalue weighted by atomic mass is 10.1. The largest absolute Gasteiger partial charge is 0.312 e. The molecule has 1 heterocycles. The Bertz CT molecular complexity index is 353. The highest BCUT2D eigenvalue weighted by atomic mass is 32.2. The molecule has 4 heteroatoms. The molecule has 1 N–H and O–H groups in total. The van der Waals surface area contributed by atoms with Gasteiger partial charge < -0.3 is 5.32 Å². The van der Waals surface area contributed by atoms with Crippen molar-refractivity contribution in [3.8, 4) is 0 Å². The van der Waals surface area contributed by atoms with E-state index in [0.29, 0.717) is 0 Å². The number of nitrogens with one attached hydrogen (secondary N) is 1. The summed E-state index contributed by atoms with van der Waals surface area (Å²) in [7, 11) is 1.89. The average molecular weight is 254 g/mol. The molecular formula is C13H19FN2S. The minimum Gasteiger partial charge on any atom is -0.312 e. The SMILES string of the molecule is CNC(CSC1CCCC1)c1ccncc1F. The summed E-state index contributed by atoms with van der Waals surface area (Å²) >= 11 is 1.97. The Balaban J connectivity index is 1.94. The van der Waals surface area contributed by atoms with E-state index in [1.807, 2.05) is 18.8 Å². The molecule has 2 rings (SSSR count). The number of aromatic nitrogens is 1. The molecule has 1 fully saturated rings. The number of pyridine rings is 1. The molecule has 17 heavy (non-hydrogen) atoms. The molecule has 0 amide bonds. The molecule has 0 aliphatic heterocycles. The first-order valence-electron chi connectivity index (χ1n) is 6.19. The van der Waals surface area contributed by atoms with Crippen LogP contribution in [-0.2, 0) is 0 Å². The van der Waals surface area contributed by atoms with Crippen LogP contribution in [0, 0.1) is 5.82 Å². The monoisotopic (exact) mass is 254 g/mol. The third-order valence-corrected chi connectivity index (χ3v) is 4.80. The topological polar surface area (TPSA) is 24.9 Å². The third kappa shape index (κ3) is 3.42. The first kappa shape index (κ1) is 12.8. The van der Waals surface area contributed by atoms with Crippen LogP contribution in [0.3, 0.4) is 0 Å². The van der Waals surface area contributed by atoms with Crippen molar-refractivity contribution in [2.45, 2.75) is 37.0 Å². The van der Waals surface area contributed by atoms with Gasteiger partial charge in [-0.15, -0.1) is 0 Å². The molecule has 1 aromatic heterocycles. The Hall–Kier alpha value is -0.610. The normalized spacial score (nSPS) is 18.5. The highest BCUT2D eigenvalue weighted by molar-refractivity contribution is 7.99. The Morgan fingerprint density at radius 2 is 2.29 bits per heavy atom. The molecular weight excluding hydrogens is 235 g/mol. The van der Waals surface area contributed by atoms with Crippen LogP contribution in [0.1, 0.15) is 37.3 Å². The lowest BCUT2D eigenvalue weighted by Gasteiger charge is -2.18. The van der Waals surface area contributed by atoms with E-state index < -0.39 is 0 Å². The molecule has 1 unspecified atom stereocenters. The second-order valence-electron chi connectivity index (χ2n) is 4.48. The van der Waals surface area contributed by atoms with Crippen molar-refractivity contribution in [2.75, 3.05) is 12.8 Å². The minimum absolute atomic E-state index is 0.0867. The van der Waals surface area contributed by atoms with Crippen molar-refractivity contribution < 1.29 is 4.39 Å². The number of thioether (sulfide) groups is 1. The van der Waals surface area contributed by atoms with Gasteiger partial charge in [-0.25, -0.2) is 4.39 Å². The van der Waals surface area contributed by atoms with Gasteiger partial charge in [-0.2, -0.15) is 11.8 Å². The molecule has 94 valence electrons. The van der Waals surface area contributed by atoms with Crippen LogP contribution in [0.2, 0.25) is 0 Å². The van der Waals surface area contributed by atoms with Crippen LogP contribution in [0.15, 0.2) is 18.5 Å². The summed E-state index contributed by atoms with van der Waals surface area (Å²) in [6.45, 7) is 0. The average Bonchev–Trinajstić information content (AvgIpc) is 2.85. The zero-order chi connectivity index (χ0) is 12.1. The van der Waals surface area contributed by atoms with Crippen LogP contribution in [0.4, 0.5) is 4.39 Å². The predicted octanol–water partition coefficient (Wildman–Crippen LogP) is 3.16. The second kappa shape index (κ2) is 6.36. The quantitative estimate of drug-likeness (QED) is 0.873. The molecule has 1 aliphatic rings. The fourth-order valence-corrected chi connectivity index (χ4v) is 3.76. The summed E-state index contributed by atoms with van der Waals surface area (Å²) in [5, 5.41) is 3.97. The Kier molecular flexibility index (Phi) is 4.80. The van der Waals surface area contributed by atoms with Crippen LogP contribution in [0.25, 0.3) is 0 Å². The number of halogens is 1. The standard InChI is InChI=1S/C13H19FN2S/c1-15-13(9-17-10-4-2-3-5-10)11-6-7-16-8-12(11)14/h6-8,10,13,15H,2-5,9H2,1H3. The van der Waals surface area contributed by atoms with Gasteiger partial charge in [0.1, 0.15) is 5.82 Å². The molecule has 1 aliphatic carbocycles. The van der Waals surface area contributed by atoms with Crippen molar-refractivity contribution in [3.63, 3.8) is 0 Å². The Morgan fingerprint density at radius 1 is 1.53 bits per heavy atom. The van der Waals surface area contributed by atoms with Gasteiger partial charge in [-0.1, -0.05) is 12.8 Å². The van der Waals surface area contributed by atoms with E-state index in [1.54, 1.807) is 12.3 Å². The van der Waals surface area contributed by atoms with E-state index in [1.165, 1.54) is 31.9 Å². The van der Waals surface area contributed by atoms with E-state index >= 15 is 0 Å². The van der Waals surface area contributed by atoms with Gasteiger partial charge >= 0.3 is 0 Å². The molecule has 2 nitrogen and oxygen atoms in total. The van der Waals surface area contributed by atoms with Gasteiger partial charge in [0.2, 0.25) is 0 Å². The molecule has 1 aromatic rings. The summed E-state index contributed by atoms with van der Waals surface area (Å²) in [6, 6.07) is 1.86. The first-order chi connectivity index (χ1) is 8.31. The van der Waals surface area contributed by atoms with E-state index in [2.05, 4.69) is 10.3 Å². The lowest BCUT2D eigenvalue weighted by molar-refractivity contribution is 0.560. The zero-order valence-electron chi connectivity index (χ0n) is 10.2. The number of rotatable bonds is 5. The smallest absolute Gasteiger partial charge is 0.146 e. The molecule has 0 aromatic carbocycles. The van der Waals surface area contributed by atoms with Gasteiger partial charge in [-0.3, -0.25) is 4.98 Å². The Morgan fingerprint density at radius 3 is 2.94 bits per heavy atom. The fraction of sp³-hybridized carbons (Fsp3) is 0.615. The molecule has 0 saturated heterocycles. The number of hydrogen-bond acceptors (Lipinski definition) is 3. The van der Waals surface area contributed by atoms with Crippen molar-refractivity contribution in [1.82, 2.24) is 10.3 Å². The highest BCUT2D eigenvalue weighted by Crippen LogP contribution is 2.32. The summed E-state index contributed by atoms with van der Waals surface area (Å²) in [5.41, 5.74) is 0.730. The summed E-state index contributed by atoms with van der Waals surface area (Å²) in [5.74, 6) is 0.723. The maximum absolute atomic E-state index is 13.6. The van der Waals surface area contributed by atoms with E-state index in [-0.39, 0.29) is 11.9 Å². The fourth-order valence-electron chi connectivity index (χ4n) is 2.28. The number of nitrogens with zero attached hydrogens (tertiary/aromatic N) is 1. The predicted molar refractivity (Wildman–Crippen MR) is 70.7 cm³/mol. The highest BCUT2D eigenvalue weighted by Gasteiger charge is 2.19. The van der Waals surface area contributed by atoms with Crippen molar-refractivity contribution in [3.05, 3.63) is 29.8 Å². The minimum atomic E-state index is -0.209. The summed E-state index contributed by atoms with van der Waals surface area (Å²) in [6.07, 6.45) is 8.29.